The Morgan fingerprint density at radius 2 is 2.18 bits per heavy atom. The van der Waals surface area contributed by atoms with Gasteiger partial charge >= 0.3 is 0 Å². The van der Waals surface area contributed by atoms with Crippen molar-refractivity contribution in [2.24, 2.45) is 0 Å². The molecule has 0 aromatic heterocycles. The first-order valence-corrected chi connectivity index (χ1v) is 6.98. The smallest absolute Gasteiger partial charge is 0.241 e. The van der Waals surface area contributed by atoms with E-state index in [1.54, 1.807) is 0 Å². The summed E-state index contributed by atoms with van der Waals surface area (Å²) in [6, 6.07) is 0.413. The first-order chi connectivity index (χ1) is 8.17. The summed E-state index contributed by atoms with van der Waals surface area (Å²) in [5.74, 6) is 0.291. The third-order valence-corrected chi connectivity index (χ3v) is 4.11. The van der Waals surface area contributed by atoms with Crippen LogP contribution in [0.1, 0.15) is 40.0 Å². The van der Waals surface area contributed by atoms with Gasteiger partial charge in [0.25, 0.3) is 0 Å². The number of amides is 1. The standard InChI is InChI=1S/C13H25N3O/c1-4-12-14-10(3)13(17)16(12)11-7-6-8-15(5-2)9-11/h10-12,14H,4-9H2,1-3H3. The SMILES string of the molecule is CCC1NC(C)C(=O)N1C1CCCN(CC)C1. The predicted octanol–water partition coefficient (Wildman–Crippen LogP) is 1.03. The topological polar surface area (TPSA) is 35.6 Å². The molecule has 4 heteroatoms. The average Bonchev–Trinajstić information content (AvgIpc) is 2.65. The van der Waals surface area contributed by atoms with Gasteiger partial charge in [0.1, 0.15) is 0 Å². The van der Waals surface area contributed by atoms with Crippen LogP contribution in [0.2, 0.25) is 0 Å². The van der Waals surface area contributed by atoms with Crippen molar-refractivity contribution in [3.8, 4) is 0 Å². The zero-order valence-electron chi connectivity index (χ0n) is 11.3. The highest BCUT2D eigenvalue weighted by Crippen LogP contribution is 2.23. The first kappa shape index (κ1) is 12.8. The van der Waals surface area contributed by atoms with Crippen molar-refractivity contribution in [2.75, 3.05) is 19.6 Å². The molecule has 4 nitrogen and oxygen atoms in total. The van der Waals surface area contributed by atoms with E-state index in [0.717, 1.165) is 25.9 Å². The Morgan fingerprint density at radius 1 is 1.41 bits per heavy atom. The highest BCUT2D eigenvalue weighted by Gasteiger charge is 2.40. The molecule has 17 heavy (non-hydrogen) atoms. The molecule has 2 saturated heterocycles. The van der Waals surface area contributed by atoms with Gasteiger partial charge in [0.05, 0.1) is 12.2 Å². The van der Waals surface area contributed by atoms with E-state index in [0.29, 0.717) is 11.9 Å². The molecule has 3 atom stereocenters. The molecule has 2 rings (SSSR count). The summed E-state index contributed by atoms with van der Waals surface area (Å²) in [7, 11) is 0. The first-order valence-electron chi connectivity index (χ1n) is 6.98. The minimum atomic E-state index is -0.00282. The van der Waals surface area contributed by atoms with E-state index in [1.165, 1.54) is 13.0 Å². The lowest BCUT2D eigenvalue weighted by atomic mass is 10.0. The summed E-state index contributed by atoms with van der Waals surface area (Å²) >= 11 is 0. The summed E-state index contributed by atoms with van der Waals surface area (Å²) in [6.07, 6.45) is 3.62. The molecule has 98 valence electrons. The monoisotopic (exact) mass is 239 g/mol. The van der Waals surface area contributed by atoms with Crippen LogP contribution in [0.25, 0.3) is 0 Å². The van der Waals surface area contributed by atoms with Gasteiger partial charge in [-0.3, -0.25) is 10.1 Å². The van der Waals surface area contributed by atoms with Gasteiger partial charge < -0.3 is 9.80 Å². The Hall–Kier alpha value is -0.610. The van der Waals surface area contributed by atoms with Gasteiger partial charge in [0.2, 0.25) is 5.91 Å². The Morgan fingerprint density at radius 3 is 2.82 bits per heavy atom. The van der Waals surface area contributed by atoms with Crippen molar-refractivity contribution in [1.82, 2.24) is 15.1 Å². The van der Waals surface area contributed by atoms with Crippen LogP contribution in [0.3, 0.4) is 0 Å². The van der Waals surface area contributed by atoms with Crippen LogP contribution in [0.5, 0.6) is 0 Å². The Bertz CT molecular complexity index is 282. The number of nitrogens with one attached hydrogen (secondary N) is 1. The molecule has 1 N–H and O–H groups in total. The molecule has 0 bridgehead atoms. The van der Waals surface area contributed by atoms with Gasteiger partial charge in [-0.05, 0) is 39.3 Å². The van der Waals surface area contributed by atoms with Crippen molar-refractivity contribution in [3.05, 3.63) is 0 Å². The highest BCUT2D eigenvalue weighted by molar-refractivity contribution is 5.84. The van der Waals surface area contributed by atoms with Gasteiger partial charge in [-0.15, -0.1) is 0 Å². The third kappa shape index (κ3) is 2.47. The quantitative estimate of drug-likeness (QED) is 0.799. The number of carbonyl (C=O) groups excluding carboxylic acids is 1. The molecule has 1 amide bonds. The molecule has 0 saturated carbocycles. The van der Waals surface area contributed by atoms with Crippen molar-refractivity contribution in [2.45, 2.75) is 58.3 Å². The van der Waals surface area contributed by atoms with E-state index in [2.05, 4.69) is 29.0 Å². The molecule has 0 radical (unpaired) electrons. The second-order valence-electron chi connectivity index (χ2n) is 5.25. The molecule has 0 aliphatic carbocycles. The summed E-state index contributed by atoms with van der Waals surface area (Å²) in [5, 5.41) is 3.39. The average molecular weight is 239 g/mol. The Labute approximate surface area is 104 Å². The lowest BCUT2D eigenvalue weighted by Crippen LogP contribution is -2.52. The van der Waals surface area contributed by atoms with Gasteiger partial charge in [-0.1, -0.05) is 13.8 Å². The van der Waals surface area contributed by atoms with Crippen LogP contribution in [-0.4, -0.2) is 53.6 Å². The van der Waals surface area contributed by atoms with Crippen LogP contribution in [0, 0.1) is 0 Å². The van der Waals surface area contributed by atoms with Crippen molar-refractivity contribution < 1.29 is 4.79 Å². The number of piperidine rings is 1. The van der Waals surface area contributed by atoms with Crippen LogP contribution in [0.4, 0.5) is 0 Å². The van der Waals surface area contributed by atoms with E-state index in [9.17, 15) is 4.79 Å². The molecular weight excluding hydrogens is 214 g/mol. The molecule has 0 aromatic rings. The van der Waals surface area contributed by atoms with Gasteiger partial charge in [-0.25, -0.2) is 0 Å². The van der Waals surface area contributed by atoms with E-state index >= 15 is 0 Å². The molecule has 2 fully saturated rings. The summed E-state index contributed by atoms with van der Waals surface area (Å²) in [4.78, 5) is 16.8. The van der Waals surface area contributed by atoms with Crippen LogP contribution in [-0.2, 0) is 4.79 Å². The van der Waals surface area contributed by atoms with Crippen LogP contribution < -0.4 is 5.32 Å². The fourth-order valence-electron chi connectivity index (χ4n) is 3.11. The molecule has 3 unspecified atom stereocenters. The minimum Gasteiger partial charge on any atom is -0.322 e. The second kappa shape index (κ2) is 5.36. The lowest BCUT2D eigenvalue weighted by molar-refractivity contribution is -0.133. The number of likely N-dealkylation sites (tertiary alicyclic amines) is 1. The number of hydrogen-bond donors (Lipinski definition) is 1. The maximum Gasteiger partial charge on any atom is 0.241 e. The predicted molar refractivity (Wildman–Crippen MR) is 68.7 cm³/mol. The molecule has 2 aliphatic heterocycles. The number of rotatable bonds is 3. The third-order valence-electron chi connectivity index (χ3n) is 4.11. The Balaban J connectivity index is 2.06. The Kier molecular flexibility index (Phi) is 4.05. The fourth-order valence-corrected chi connectivity index (χ4v) is 3.11. The minimum absolute atomic E-state index is 0.00282. The number of nitrogens with zero attached hydrogens (tertiary/aromatic N) is 2. The normalized spacial score (nSPS) is 35.6. The highest BCUT2D eigenvalue weighted by atomic mass is 16.2. The maximum absolute atomic E-state index is 12.2. The van der Waals surface area contributed by atoms with Gasteiger partial charge in [0, 0.05) is 12.6 Å². The molecular formula is C13H25N3O. The molecule has 0 spiro atoms. The van der Waals surface area contributed by atoms with Crippen molar-refractivity contribution in [3.63, 3.8) is 0 Å². The van der Waals surface area contributed by atoms with E-state index in [1.807, 2.05) is 6.92 Å². The zero-order chi connectivity index (χ0) is 12.4. The molecule has 2 heterocycles. The lowest BCUT2D eigenvalue weighted by Gasteiger charge is -2.39. The van der Waals surface area contributed by atoms with Crippen molar-refractivity contribution >= 4 is 5.91 Å². The summed E-state index contributed by atoms with van der Waals surface area (Å²) in [6.45, 7) is 9.66. The van der Waals surface area contributed by atoms with E-state index < -0.39 is 0 Å². The van der Waals surface area contributed by atoms with Crippen LogP contribution >= 0.6 is 0 Å². The number of carbonyl (C=O) groups is 1. The number of likely N-dealkylation sites (N-methyl/N-ethyl adjacent to an activating group) is 1. The van der Waals surface area contributed by atoms with Crippen molar-refractivity contribution in [1.29, 1.82) is 0 Å². The van der Waals surface area contributed by atoms with Gasteiger partial charge in [0.15, 0.2) is 0 Å². The summed E-state index contributed by atoms with van der Waals surface area (Å²) < 4.78 is 0. The van der Waals surface area contributed by atoms with E-state index in [-0.39, 0.29) is 12.2 Å². The summed E-state index contributed by atoms with van der Waals surface area (Å²) in [5.41, 5.74) is 0. The number of hydrogen-bond acceptors (Lipinski definition) is 3. The zero-order valence-corrected chi connectivity index (χ0v) is 11.3. The van der Waals surface area contributed by atoms with Gasteiger partial charge in [-0.2, -0.15) is 0 Å². The molecule has 0 aromatic carbocycles. The second-order valence-corrected chi connectivity index (χ2v) is 5.25. The molecule has 2 aliphatic rings. The maximum atomic E-state index is 12.2. The largest absolute Gasteiger partial charge is 0.322 e. The van der Waals surface area contributed by atoms with E-state index in [4.69, 9.17) is 0 Å². The fraction of sp³-hybridized carbons (Fsp3) is 0.923. The van der Waals surface area contributed by atoms with Crippen LogP contribution in [0.15, 0.2) is 0 Å².